The van der Waals surface area contributed by atoms with Gasteiger partial charge in [0.1, 0.15) is 5.82 Å². The molecule has 0 aliphatic rings. The third-order valence-corrected chi connectivity index (χ3v) is 5.91. The lowest BCUT2D eigenvalue weighted by Crippen LogP contribution is -2.22. The van der Waals surface area contributed by atoms with Gasteiger partial charge >= 0.3 is 0 Å². The summed E-state index contributed by atoms with van der Waals surface area (Å²) in [6.07, 6.45) is 3.84. The first-order valence-electron chi connectivity index (χ1n) is 8.43. The highest BCUT2D eigenvalue weighted by Crippen LogP contribution is 2.20. The summed E-state index contributed by atoms with van der Waals surface area (Å²) in [5.74, 6) is 0.584. The highest BCUT2D eigenvalue weighted by molar-refractivity contribution is 14.1. The lowest BCUT2D eigenvalue weighted by molar-refractivity contribution is 0.943. The Labute approximate surface area is 192 Å². The Morgan fingerprint density at radius 3 is 2.43 bits per heavy atom. The third kappa shape index (κ3) is 4.14. The smallest absolute Gasteiger partial charge is 0.266 e. The predicted octanol–water partition coefficient (Wildman–Crippen LogP) is 6.69. The van der Waals surface area contributed by atoms with Crippen LogP contribution in [0.2, 0.25) is 0 Å². The van der Waals surface area contributed by atoms with E-state index < -0.39 is 0 Å². The van der Waals surface area contributed by atoms with Crippen LogP contribution in [-0.2, 0) is 0 Å². The molecule has 28 heavy (non-hydrogen) atoms. The Morgan fingerprint density at radius 2 is 1.68 bits per heavy atom. The van der Waals surface area contributed by atoms with Crippen LogP contribution in [0.4, 0.5) is 0 Å². The van der Waals surface area contributed by atoms with E-state index in [-0.39, 0.29) is 5.56 Å². The van der Waals surface area contributed by atoms with Gasteiger partial charge in [-0.15, -0.1) is 0 Å². The first-order chi connectivity index (χ1) is 13.5. The summed E-state index contributed by atoms with van der Waals surface area (Å²) in [5, 5.41) is 0.606. The molecule has 1 heterocycles. The Kier molecular flexibility index (Phi) is 5.80. The quantitative estimate of drug-likeness (QED) is 0.243. The number of nitrogens with zero attached hydrogens (tertiary/aromatic N) is 2. The number of hydrogen-bond acceptors (Lipinski definition) is 2. The number of benzene rings is 3. The highest BCUT2D eigenvalue weighted by atomic mass is 127. The summed E-state index contributed by atoms with van der Waals surface area (Å²) in [7, 11) is 0. The molecule has 0 N–H and O–H groups in total. The molecule has 4 aromatic rings. The molecule has 0 fully saturated rings. The molecule has 0 spiro atoms. The summed E-state index contributed by atoms with van der Waals surface area (Å²) < 4.78 is 4.61. The summed E-state index contributed by atoms with van der Waals surface area (Å²) in [6, 6.07) is 21.4. The Hall–Kier alpha value is -1.77. The highest BCUT2D eigenvalue weighted by Gasteiger charge is 2.11. The largest absolute Gasteiger partial charge is 0.268 e. The van der Waals surface area contributed by atoms with E-state index in [1.54, 1.807) is 4.57 Å². The van der Waals surface area contributed by atoms with Gasteiger partial charge in [-0.2, -0.15) is 0 Å². The molecule has 0 unspecified atom stereocenters. The Bertz CT molecular complexity index is 1260. The van der Waals surface area contributed by atoms with Crippen LogP contribution >= 0.6 is 54.5 Å². The molecule has 0 atom stereocenters. The van der Waals surface area contributed by atoms with Crippen LogP contribution in [-0.4, -0.2) is 9.55 Å². The van der Waals surface area contributed by atoms with Crippen molar-refractivity contribution in [3.05, 3.63) is 101 Å². The van der Waals surface area contributed by atoms with Crippen LogP contribution in [0.5, 0.6) is 0 Å². The fourth-order valence-corrected chi connectivity index (χ4v) is 4.08. The minimum atomic E-state index is -0.0836. The van der Waals surface area contributed by atoms with E-state index in [0.29, 0.717) is 16.7 Å². The molecule has 0 saturated heterocycles. The van der Waals surface area contributed by atoms with Crippen molar-refractivity contribution in [3.8, 4) is 5.69 Å². The zero-order valence-electron chi connectivity index (χ0n) is 14.4. The van der Waals surface area contributed by atoms with Crippen LogP contribution in [0.1, 0.15) is 11.4 Å². The molecule has 4 rings (SSSR count). The maximum atomic E-state index is 13.3. The van der Waals surface area contributed by atoms with E-state index in [0.717, 1.165) is 23.8 Å². The second-order valence-electron chi connectivity index (χ2n) is 6.14. The van der Waals surface area contributed by atoms with Crippen molar-refractivity contribution in [1.29, 1.82) is 0 Å². The molecule has 0 radical (unpaired) electrons. The van der Waals surface area contributed by atoms with E-state index in [4.69, 9.17) is 4.98 Å². The van der Waals surface area contributed by atoms with Gasteiger partial charge < -0.3 is 0 Å². The maximum absolute atomic E-state index is 13.3. The van der Waals surface area contributed by atoms with Gasteiger partial charge in [0.2, 0.25) is 0 Å². The van der Waals surface area contributed by atoms with E-state index >= 15 is 0 Å². The van der Waals surface area contributed by atoms with E-state index in [1.807, 2.05) is 78.9 Å². The van der Waals surface area contributed by atoms with Crippen LogP contribution in [0.15, 0.2) is 80.5 Å². The lowest BCUT2D eigenvalue weighted by Gasteiger charge is -2.12. The molecule has 0 aliphatic heterocycles. The van der Waals surface area contributed by atoms with Crippen LogP contribution < -0.4 is 5.56 Å². The zero-order valence-corrected chi connectivity index (χ0v) is 19.8. The molecule has 1 aromatic heterocycles. The normalized spacial score (nSPS) is 11.4. The van der Waals surface area contributed by atoms with Crippen molar-refractivity contribution in [3.63, 3.8) is 0 Å². The molecule has 6 heteroatoms. The third-order valence-electron chi connectivity index (χ3n) is 4.21. The summed E-state index contributed by atoms with van der Waals surface area (Å²) in [4.78, 5) is 18.1. The molecule has 0 amide bonds. The molecule has 3 aromatic carbocycles. The molecule has 138 valence electrons. The van der Waals surface area contributed by atoms with Gasteiger partial charge in [-0.3, -0.25) is 9.36 Å². The van der Waals surface area contributed by atoms with Crippen molar-refractivity contribution in [2.45, 2.75) is 0 Å². The maximum Gasteiger partial charge on any atom is 0.266 e. The van der Waals surface area contributed by atoms with Crippen molar-refractivity contribution in [1.82, 2.24) is 9.55 Å². The molecule has 3 nitrogen and oxygen atoms in total. The van der Waals surface area contributed by atoms with E-state index in [1.165, 1.54) is 0 Å². The SMILES string of the molecule is O=c1c2cc(I)ccc2nc(C=Cc2cccc(Br)c2)n1-c1ccc(Br)cc1. The van der Waals surface area contributed by atoms with Crippen LogP contribution in [0.25, 0.3) is 28.7 Å². The monoisotopic (exact) mass is 606 g/mol. The number of aromatic nitrogens is 2. The van der Waals surface area contributed by atoms with E-state index in [9.17, 15) is 4.79 Å². The minimum absolute atomic E-state index is 0.0836. The second kappa shape index (κ2) is 8.31. The number of fused-ring (bicyclic) bond motifs is 1. The molecule has 0 bridgehead atoms. The first kappa shape index (κ1) is 19.5. The fourth-order valence-electron chi connectivity index (χ4n) is 2.91. The summed E-state index contributed by atoms with van der Waals surface area (Å²) in [6.45, 7) is 0. The lowest BCUT2D eigenvalue weighted by atomic mass is 10.2. The molecule has 0 saturated carbocycles. The average molecular weight is 608 g/mol. The number of rotatable bonds is 3. The van der Waals surface area contributed by atoms with Crippen molar-refractivity contribution >= 4 is 77.5 Å². The Balaban J connectivity index is 1.95. The molecule has 0 aliphatic carbocycles. The van der Waals surface area contributed by atoms with Crippen LogP contribution in [0.3, 0.4) is 0 Å². The van der Waals surface area contributed by atoms with Gasteiger partial charge in [0.05, 0.1) is 16.6 Å². The van der Waals surface area contributed by atoms with Gasteiger partial charge in [-0.25, -0.2) is 4.98 Å². The summed E-state index contributed by atoms with van der Waals surface area (Å²) >= 11 is 9.15. The van der Waals surface area contributed by atoms with Gasteiger partial charge in [-0.1, -0.05) is 50.1 Å². The zero-order chi connectivity index (χ0) is 19.7. The van der Waals surface area contributed by atoms with Gasteiger partial charge in [0.25, 0.3) is 5.56 Å². The average Bonchev–Trinajstić information content (AvgIpc) is 2.68. The summed E-state index contributed by atoms with van der Waals surface area (Å²) in [5.41, 5.74) is 2.40. The molecular formula is C22H13Br2IN2O. The van der Waals surface area contributed by atoms with Crippen molar-refractivity contribution in [2.24, 2.45) is 0 Å². The minimum Gasteiger partial charge on any atom is -0.268 e. The Morgan fingerprint density at radius 1 is 0.893 bits per heavy atom. The number of halogens is 3. The number of hydrogen-bond donors (Lipinski definition) is 0. The fraction of sp³-hybridized carbons (Fsp3) is 0. The molecular weight excluding hydrogens is 595 g/mol. The van der Waals surface area contributed by atoms with Gasteiger partial charge in [-0.05, 0) is 88.8 Å². The van der Waals surface area contributed by atoms with Gasteiger partial charge in [0.15, 0.2) is 0 Å². The van der Waals surface area contributed by atoms with E-state index in [2.05, 4.69) is 54.5 Å². The predicted molar refractivity (Wildman–Crippen MR) is 131 cm³/mol. The standard InChI is InChI=1S/C22H13Br2IN2O/c23-15-5-8-18(9-6-15)27-21(11-4-14-2-1-3-16(24)12-14)26-20-10-7-17(25)13-19(20)22(27)28/h1-13H. The second-order valence-corrected chi connectivity index (χ2v) is 9.21. The first-order valence-corrected chi connectivity index (χ1v) is 11.1. The van der Waals surface area contributed by atoms with Crippen molar-refractivity contribution in [2.75, 3.05) is 0 Å². The topological polar surface area (TPSA) is 34.9 Å². The van der Waals surface area contributed by atoms with Crippen molar-refractivity contribution < 1.29 is 0 Å². The van der Waals surface area contributed by atoms with Gasteiger partial charge in [0, 0.05) is 12.5 Å². The van der Waals surface area contributed by atoms with Crippen LogP contribution in [0, 0.1) is 3.57 Å².